The molecule has 0 spiro atoms. The van der Waals surface area contributed by atoms with Gasteiger partial charge >= 0.3 is 0 Å². The number of aromatic nitrogens is 3. The van der Waals surface area contributed by atoms with E-state index in [0.29, 0.717) is 25.6 Å². The molecule has 1 aliphatic heterocycles. The van der Waals surface area contributed by atoms with E-state index >= 15 is 0 Å². The summed E-state index contributed by atoms with van der Waals surface area (Å²) < 4.78 is 2.06. The molecule has 10 heteroatoms. The molecular weight excluding hydrogens is 588 g/mol. The maximum Gasteiger partial charge on any atom is 0.137 e. The molecule has 6 rings (SSSR count). The highest BCUT2D eigenvalue weighted by atomic mass is 16.3. The van der Waals surface area contributed by atoms with Crippen LogP contribution < -0.4 is 16.4 Å². The molecule has 0 saturated carbocycles. The topological polar surface area (TPSA) is 134 Å². The summed E-state index contributed by atoms with van der Waals surface area (Å²) in [5.41, 5.74) is 14.3. The normalized spacial score (nSPS) is 19.9. The first-order valence-electron chi connectivity index (χ1n) is 17.0. The van der Waals surface area contributed by atoms with Crippen molar-refractivity contribution in [2.24, 2.45) is 16.8 Å². The number of fused-ring (bicyclic) bond motifs is 1. The molecule has 47 heavy (non-hydrogen) atoms. The fraction of sp³-hybridized carbons (Fsp3) is 0.459. The largest absolute Gasteiger partial charge is 0.396 e. The number of nitrogens with zero attached hydrogens (tertiary/aromatic N) is 5. The van der Waals surface area contributed by atoms with Gasteiger partial charge < -0.3 is 30.9 Å². The SMILES string of the molecule is CC1=CCCC(CNC2=C(CN)CC(Nc3ncnc4ccc(-c5ccn(CC(CN6CCC(CCO)CC6)N=O)c5)cc34)C=C2)=C1. The molecule has 1 saturated heterocycles. The van der Waals surface area contributed by atoms with Gasteiger partial charge in [0.1, 0.15) is 18.2 Å². The molecule has 2 aliphatic carbocycles. The minimum absolute atomic E-state index is 0.0641. The molecule has 10 nitrogen and oxygen atoms in total. The van der Waals surface area contributed by atoms with Gasteiger partial charge in [-0.3, -0.25) is 0 Å². The van der Waals surface area contributed by atoms with Gasteiger partial charge in [-0.05, 0) is 105 Å². The Labute approximate surface area is 277 Å². The molecule has 0 radical (unpaired) electrons. The van der Waals surface area contributed by atoms with Gasteiger partial charge in [0.25, 0.3) is 0 Å². The number of nitrogens with one attached hydrogen (secondary N) is 2. The van der Waals surface area contributed by atoms with Crippen molar-refractivity contribution in [3.05, 3.63) is 94.6 Å². The summed E-state index contributed by atoms with van der Waals surface area (Å²) in [5, 5.41) is 20.9. The zero-order valence-corrected chi connectivity index (χ0v) is 27.4. The second-order valence-electron chi connectivity index (χ2n) is 13.2. The number of aliphatic hydroxyl groups excluding tert-OH is 1. The fourth-order valence-corrected chi connectivity index (χ4v) is 7.09. The van der Waals surface area contributed by atoms with E-state index in [2.05, 4.69) is 90.9 Å². The lowest BCUT2D eigenvalue weighted by Gasteiger charge is -2.32. The Morgan fingerprint density at radius 3 is 2.81 bits per heavy atom. The Bertz CT molecular complexity index is 1660. The summed E-state index contributed by atoms with van der Waals surface area (Å²) in [6, 6.07) is 8.08. The number of benzene rings is 1. The van der Waals surface area contributed by atoms with Crippen molar-refractivity contribution < 1.29 is 5.11 Å². The monoisotopic (exact) mass is 636 g/mol. The van der Waals surface area contributed by atoms with Crippen molar-refractivity contribution >= 4 is 16.7 Å². The summed E-state index contributed by atoms with van der Waals surface area (Å²) in [6.07, 6.45) is 20.6. The summed E-state index contributed by atoms with van der Waals surface area (Å²) in [5.74, 6) is 1.38. The molecule has 248 valence electrons. The number of piperidine rings is 1. The van der Waals surface area contributed by atoms with Gasteiger partial charge in [-0.15, -0.1) is 0 Å². The molecule has 5 N–H and O–H groups in total. The van der Waals surface area contributed by atoms with Crippen LogP contribution in [0.2, 0.25) is 0 Å². The van der Waals surface area contributed by atoms with E-state index in [1.807, 2.05) is 12.3 Å². The van der Waals surface area contributed by atoms with Crippen molar-refractivity contribution in [3.63, 3.8) is 0 Å². The number of rotatable bonds is 14. The minimum Gasteiger partial charge on any atom is -0.396 e. The first-order chi connectivity index (χ1) is 23.0. The molecular formula is C37H48N8O2. The van der Waals surface area contributed by atoms with Crippen molar-refractivity contribution in [3.8, 4) is 11.1 Å². The molecule has 2 aromatic heterocycles. The minimum atomic E-state index is -0.317. The van der Waals surface area contributed by atoms with E-state index < -0.39 is 0 Å². The van der Waals surface area contributed by atoms with Crippen LogP contribution in [0, 0.1) is 10.8 Å². The van der Waals surface area contributed by atoms with E-state index in [1.54, 1.807) is 6.33 Å². The number of hydrogen-bond acceptors (Lipinski definition) is 9. The van der Waals surface area contributed by atoms with Crippen LogP contribution in [0.4, 0.5) is 5.82 Å². The van der Waals surface area contributed by atoms with Crippen LogP contribution in [0.5, 0.6) is 0 Å². The van der Waals surface area contributed by atoms with Crippen LogP contribution >= 0.6 is 0 Å². The molecule has 3 heterocycles. The van der Waals surface area contributed by atoms with Crippen molar-refractivity contribution in [2.75, 3.05) is 44.6 Å². The zero-order chi connectivity index (χ0) is 32.6. The van der Waals surface area contributed by atoms with E-state index in [0.717, 1.165) is 91.7 Å². The number of hydrogen-bond donors (Lipinski definition) is 4. The summed E-state index contributed by atoms with van der Waals surface area (Å²) >= 11 is 0. The standard InChI is InChI=1S/C37H48N8O2/c1-26-3-2-4-28(17-26)21-39-35-8-6-32(18-31(35)20-38)42-37-34-19-29(5-7-36(34)40-25-41-37)30-11-15-45(22-30)24-33(43-47)23-44-13-9-27(10-14-44)12-16-46/h3,5-8,11,15,17,19,22,25,27,32-33,39,46H,2,4,9-10,12-14,16,18,20-21,23-24,38H2,1H3,(H,40,41,42). The number of nitrogens with two attached hydrogens (primary N) is 1. The van der Waals surface area contributed by atoms with Crippen molar-refractivity contribution in [1.29, 1.82) is 0 Å². The van der Waals surface area contributed by atoms with Crippen LogP contribution in [0.25, 0.3) is 22.0 Å². The van der Waals surface area contributed by atoms with Gasteiger partial charge in [-0.1, -0.05) is 40.6 Å². The highest BCUT2D eigenvalue weighted by molar-refractivity contribution is 5.92. The average molecular weight is 637 g/mol. The molecule has 0 amide bonds. The predicted octanol–water partition coefficient (Wildman–Crippen LogP) is 5.54. The van der Waals surface area contributed by atoms with Gasteiger partial charge in [0.05, 0.1) is 11.6 Å². The molecule has 1 aromatic carbocycles. The molecule has 1 fully saturated rings. The number of allylic oxidation sites excluding steroid dienone is 4. The third kappa shape index (κ3) is 8.43. The number of nitroso groups, excluding NO2 is 1. The lowest BCUT2D eigenvalue weighted by Crippen LogP contribution is -2.39. The van der Waals surface area contributed by atoms with E-state index in [9.17, 15) is 10.0 Å². The number of likely N-dealkylation sites (tertiary alicyclic amines) is 1. The van der Waals surface area contributed by atoms with Gasteiger partial charge in [-0.2, -0.15) is 4.91 Å². The Morgan fingerprint density at radius 1 is 1.15 bits per heavy atom. The average Bonchev–Trinajstić information content (AvgIpc) is 3.57. The van der Waals surface area contributed by atoms with Crippen molar-refractivity contribution in [1.82, 2.24) is 24.8 Å². The molecule has 2 atom stereocenters. The maximum atomic E-state index is 11.8. The first kappa shape index (κ1) is 32.8. The van der Waals surface area contributed by atoms with Crippen LogP contribution in [-0.4, -0.2) is 76.0 Å². The van der Waals surface area contributed by atoms with Gasteiger partial charge in [0.15, 0.2) is 0 Å². The smallest absolute Gasteiger partial charge is 0.137 e. The fourth-order valence-electron chi connectivity index (χ4n) is 7.09. The third-order valence-corrected chi connectivity index (χ3v) is 9.78. The molecule has 2 unspecified atom stereocenters. The van der Waals surface area contributed by atoms with Gasteiger partial charge in [0.2, 0.25) is 0 Å². The maximum absolute atomic E-state index is 11.8. The molecule has 3 aliphatic rings. The second kappa shape index (κ2) is 15.6. The first-order valence-corrected chi connectivity index (χ1v) is 17.0. The summed E-state index contributed by atoms with van der Waals surface area (Å²) in [7, 11) is 0. The second-order valence-corrected chi connectivity index (χ2v) is 13.2. The summed E-state index contributed by atoms with van der Waals surface area (Å²) in [6.45, 7) is 6.86. The van der Waals surface area contributed by atoms with Crippen molar-refractivity contribution in [2.45, 2.75) is 64.1 Å². The van der Waals surface area contributed by atoms with Crippen LogP contribution in [0.3, 0.4) is 0 Å². The van der Waals surface area contributed by atoms with E-state index in [1.165, 1.54) is 16.7 Å². The Kier molecular flexibility index (Phi) is 10.9. The van der Waals surface area contributed by atoms with E-state index in [-0.39, 0.29) is 18.7 Å². The Balaban J connectivity index is 1.09. The third-order valence-electron chi connectivity index (χ3n) is 9.78. The Hall–Kier alpha value is -4.12. The quantitative estimate of drug-likeness (QED) is 0.170. The van der Waals surface area contributed by atoms with E-state index in [4.69, 9.17) is 5.73 Å². The highest BCUT2D eigenvalue weighted by Crippen LogP contribution is 2.29. The lowest BCUT2D eigenvalue weighted by atomic mass is 9.94. The lowest BCUT2D eigenvalue weighted by molar-refractivity contribution is 0.150. The highest BCUT2D eigenvalue weighted by Gasteiger charge is 2.23. The van der Waals surface area contributed by atoms with Crippen LogP contribution in [0.1, 0.15) is 45.4 Å². The molecule has 0 bridgehead atoms. The zero-order valence-electron chi connectivity index (χ0n) is 27.4. The Morgan fingerprint density at radius 2 is 2.02 bits per heavy atom. The van der Waals surface area contributed by atoms with Crippen LogP contribution in [0.15, 0.2) is 94.9 Å². The number of anilines is 1. The van der Waals surface area contributed by atoms with Crippen LogP contribution in [-0.2, 0) is 6.54 Å². The van der Waals surface area contributed by atoms with Gasteiger partial charge in [-0.25, -0.2) is 9.97 Å². The summed E-state index contributed by atoms with van der Waals surface area (Å²) in [4.78, 5) is 23.3. The number of aliphatic hydroxyl groups is 1. The van der Waals surface area contributed by atoms with Gasteiger partial charge in [0, 0.05) is 56.3 Å². The molecule has 3 aromatic rings. The predicted molar refractivity (Wildman–Crippen MR) is 190 cm³/mol.